The number of halogens is 5. The molecule has 186 valence electrons. The van der Waals surface area contributed by atoms with Crippen LogP contribution in [0, 0.1) is 5.92 Å². The molecule has 0 fully saturated rings. The Morgan fingerprint density at radius 2 is 1.71 bits per heavy atom. The van der Waals surface area contributed by atoms with Crippen molar-refractivity contribution in [3.05, 3.63) is 63.4 Å². The van der Waals surface area contributed by atoms with Gasteiger partial charge in [-0.15, -0.1) is 24.5 Å². The molecule has 0 radical (unpaired) electrons. The van der Waals surface area contributed by atoms with Gasteiger partial charge >= 0.3 is 14.0 Å². The average molecular weight is 691 g/mol. The molecule has 11 heteroatoms. The van der Waals surface area contributed by atoms with Gasteiger partial charge in [-0.3, -0.25) is 4.57 Å². The molecule has 34 heavy (non-hydrogen) atoms. The number of fused-ring (bicyclic) bond motifs is 1. The highest BCUT2D eigenvalue weighted by molar-refractivity contribution is 14.1. The van der Waals surface area contributed by atoms with Gasteiger partial charge < -0.3 is 14.2 Å². The van der Waals surface area contributed by atoms with Gasteiger partial charge in [0.15, 0.2) is 3.16 Å². The summed E-state index contributed by atoms with van der Waals surface area (Å²) in [4.78, 5) is 12.0. The first kappa shape index (κ1) is 27.9. The first-order chi connectivity index (χ1) is 15.6. The van der Waals surface area contributed by atoms with Crippen molar-refractivity contribution in [1.29, 1.82) is 0 Å². The molecule has 3 aromatic rings. The molecule has 0 aliphatic rings. The SMILES string of the molecule is CC(C)C(C)(C)O[P@](=O)(O)C(I)(Cc1ccc(OC(F)(F)F)cc1)c1sc2ccccc2c1Br. The highest BCUT2D eigenvalue weighted by Crippen LogP contribution is 2.70. The van der Waals surface area contributed by atoms with Crippen molar-refractivity contribution >= 4 is 67.5 Å². The zero-order valence-electron chi connectivity index (χ0n) is 18.8. The molecule has 1 unspecified atom stereocenters. The third-order valence-corrected chi connectivity index (χ3v) is 13.4. The summed E-state index contributed by atoms with van der Waals surface area (Å²) < 4.78 is 61.7. The van der Waals surface area contributed by atoms with Crippen LogP contribution in [0.1, 0.15) is 38.1 Å². The minimum atomic E-state index is -4.80. The van der Waals surface area contributed by atoms with Gasteiger partial charge in [-0.1, -0.05) is 66.8 Å². The highest BCUT2D eigenvalue weighted by Gasteiger charge is 2.53. The smallest absolute Gasteiger partial charge is 0.406 e. The van der Waals surface area contributed by atoms with Crippen molar-refractivity contribution < 1.29 is 31.9 Å². The normalized spacial score (nSPS) is 16.4. The summed E-state index contributed by atoms with van der Waals surface area (Å²) in [6.45, 7) is 7.34. The lowest BCUT2D eigenvalue weighted by Crippen LogP contribution is -2.34. The molecule has 0 bridgehead atoms. The van der Waals surface area contributed by atoms with Gasteiger partial charge in [0.25, 0.3) is 0 Å². The van der Waals surface area contributed by atoms with Crippen molar-refractivity contribution in [2.45, 2.75) is 49.2 Å². The largest absolute Gasteiger partial charge is 0.573 e. The van der Waals surface area contributed by atoms with Gasteiger partial charge in [0.1, 0.15) is 5.75 Å². The van der Waals surface area contributed by atoms with E-state index in [4.69, 9.17) is 4.52 Å². The maximum absolute atomic E-state index is 14.0. The predicted octanol–water partition coefficient (Wildman–Crippen LogP) is 9.03. The first-order valence-corrected chi connectivity index (χ1v) is 14.6. The van der Waals surface area contributed by atoms with Gasteiger partial charge in [0.2, 0.25) is 0 Å². The topological polar surface area (TPSA) is 55.8 Å². The Kier molecular flexibility index (Phi) is 8.23. The van der Waals surface area contributed by atoms with Crippen molar-refractivity contribution in [2.24, 2.45) is 5.92 Å². The molecule has 2 atom stereocenters. The van der Waals surface area contributed by atoms with E-state index >= 15 is 0 Å². The van der Waals surface area contributed by atoms with Crippen LogP contribution >= 0.6 is 57.5 Å². The van der Waals surface area contributed by atoms with E-state index in [-0.39, 0.29) is 18.1 Å². The van der Waals surface area contributed by atoms with Crippen LogP contribution in [-0.2, 0) is 18.7 Å². The highest BCUT2D eigenvalue weighted by atomic mass is 127. The Bertz CT molecular complexity index is 1210. The molecule has 3 rings (SSSR count). The molecule has 0 aliphatic heterocycles. The number of rotatable bonds is 8. The summed E-state index contributed by atoms with van der Waals surface area (Å²) in [6.07, 6.45) is -4.75. The fourth-order valence-corrected chi connectivity index (χ4v) is 9.36. The Balaban J connectivity index is 2.10. The Morgan fingerprint density at radius 3 is 2.24 bits per heavy atom. The van der Waals surface area contributed by atoms with E-state index in [0.717, 1.165) is 10.1 Å². The van der Waals surface area contributed by atoms with Crippen LogP contribution in [0.25, 0.3) is 10.1 Å². The van der Waals surface area contributed by atoms with Crippen LogP contribution < -0.4 is 4.74 Å². The van der Waals surface area contributed by atoms with E-state index in [2.05, 4.69) is 20.7 Å². The Morgan fingerprint density at radius 1 is 1.12 bits per heavy atom. The lowest BCUT2D eigenvalue weighted by atomic mass is 9.95. The third-order valence-electron chi connectivity index (χ3n) is 5.68. The lowest BCUT2D eigenvalue weighted by molar-refractivity contribution is -0.274. The zero-order valence-corrected chi connectivity index (χ0v) is 24.3. The van der Waals surface area contributed by atoms with Crippen LogP contribution in [0.3, 0.4) is 0 Å². The van der Waals surface area contributed by atoms with Crippen LogP contribution in [0.4, 0.5) is 13.2 Å². The molecule has 2 aromatic carbocycles. The van der Waals surface area contributed by atoms with Crippen LogP contribution in [0.15, 0.2) is 53.0 Å². The average Bonchev–Trinajstić information content (AvgIpc) is 3.05. The molecule has 0 aliphatic carbocycles. The maximum Gasteiger partial charge on any atom is 0.573 e. The van der Waals surface area contributed by atoms with Crippen molar-refractivity contribution in [1.82, 2.24) is 0 Å². The molecule has 0 amide bonds. The van der Waals surface area contributed by atoms with E-state index in [9.17, 15) is 22.6 Å². The van der Waals surface area contributed by atoms with E-state index in [0.29, 0.717) is 14.9 Å². The van der Waals surface area contributed by atoms with E-state index in [1.165, 1.54) is 35.6 Å². The number of hydrogen-bond donors (Lipinski definition) is 1. The summed E-state index contributed by atoms with van der Waals surface area (Å²) in [7, 11) is -4.35. The summed E-state index contributed by atoms with van der Waals surface area (Å²) >= 11 is 6.97. The fraction of sp³-hybridized carbons (Fsp3) is 0.391. The van der Waals surface area contributed by atoms with Crippen molar-refractivity contribution in [3.63, 3.8) is 0 Å². The molecule has 1 N–H and O–H groups in total. The lowest BCUT2D eigenvalue weighted by Gasteiger charge is -2.38. The molecule has 0 saturated carbocycles. The summed E-state index contributed by atoms with van der Waals surface area (Å²) in [5.41, 5.74) is -0.331. The standard InChI is InChI=1S/C23H24BrF3IO4PS/c1-14(2)21(3,4)32-33(29,30)22(28,20-19(24)17-7-5-6-8-18(17)34-20)13-15-9-11-16(12-10-15)31-23(25,26)27/h5-12,14H,13H2,1-4H3,(H,29,30). The second-order valence-electron chi connectivity index (χ2n) is 8.74. The molecule has 0 saturated heterocycles. The molecule has 0 spiro atoms. The summed E-state index contributed by atoms with van der Waals surface area (Å²) in [6, 6.07) is 12.9. The van der Waals surface area contributed by atoms with Crippen molar-refractivity contribution in [2.75, 3.05) is 0 Å². The van der Waals surface area contributed by atoms with Crippen molar-refractivity contribution in [3.8, 4) is 5.75 Å². The molecule has 1 aromatic heterocycles. The number of ether oxygens (including phenoxy) is 1. The summed E-state index contributed by atoms with van der Waals surface area (Å²) in [5.74, 6) is -0.402. The number of thiophene rings is 1. The summed E-state index contributed by atoms with van der Waals surface area (Å²) in [5, 5.41) is 0.903. The second kappa shape index (κ2) is 10.0. The van der Waals surface area contributed by atoms with E-state index in [1.54, 1.807) is 13.8 Å². The van der Waals surface area contributed by atoms with Gasteiger partial charge in [-0.25, -0.2) is 0 Å². The molecule has 4 nitrogen and oxygen atoms in total. The van der Waals surface area contributed by atoms with E-state index in [1.807, 2.05) is 60.7 Å². The number of benzene rings is 2. The first-order valence-electron chi connectivity index (χ1n) is 10.3. The molecule has 1 heterocycles. The number of hydrogen-bond acceptors (Lipinski definition) is 4. The predicted molar refractivity (Wildman–Crippen MR) is 142 cm³/mol. The second-order valence-corrected chi connectivity index (χ2v) is 15.3. The van der Waals surface area contributed by atoms with Gasteiger partial charge in [-0.2, -0.15) is 0 Å². The monoisotopic (exact) mass is 690 g/mol. The minimum absolute atomic E-state index is 0.0433. The zero-order chi connectivity index (χ0) is 25.5. The van der Waals surface area contributed by atoms with Crippen LogP contribution in [0.2, 0.25) is 0 Å². The Labute approximate surface area is 222 Å². The quantitative estimate of drug-likeness (QED) is 0.146. The van der Waals surface area contributed by atoms with Gasteiger partial charge in [-0.05, 0) is 59.5 Å². The maximum atomic E-state index is 14.0. The van der Waals surface area contributed by atoms with E-state index < -0.39 is 22.7 Å². The van der Waals surface area contributed by atoms with Gasteiger partial charge in [0, 0.05) is 25.9 Å². The fourth-order valence-electron chi connectivity index (χ4n) is 3.15. The molecular formula is C23H24BrF3IO4PS. The molecular weight excluding hydrogens is 667 g/mol. The third kappa shape index (κ3) is 6.00. The van der Waals surface area contributed by atoms with Crippen LogP contribution in [0.5, 0.6) is 5.75 Å². The van der Waals surface area contributed by atoms with Gasteiger partial charge in [0.05, 0.1) is 5.60 Å². The Hall–Kier alpha value is -0.650. The number of alkyl halides is 4. The minimum Gasteiger partial charge on any atom is -0.406 e. The van der Waals surface area contributed by atoms with Crippen LogP contribution in [-0.4, -0.2) is 16.9 Å².